The SMILES string of the molecule is c1ccc(-c2c3ccccc3c(-c3ccc(-c4cc5ccccc5c5ccccc45)cc3)c3cc(-n4c(-c5ccccc5)ccc4-c4ccccc4)ccc23)cc1. The molecule has 0 atom stereocenters. The molecule has 1 heteroatoms. The van der Waals surface area contributed by atoms with E-state index < -0.39 is 0 Å². The maximum atomic E-state index is 2.43. The minimum absolute atomic E-state index is 1.13. The molecule has 0 N–H and O–H groups in total. The van der Waals surface area contributed by atoms with Crippen molar-refractivity contribution in [1.29, 1.82) is 0 Å². The quantitative estimate of drug-likeness (QED) is 0.119. The Kier molecular flexibility index (Phi) is 7.89. The molecular weight excluding hydrogens is 687 g/mol. The lowest BCUT2D eigenvalue weighted by molar-refractivity contribution is 1.10. The van der Waals surface area contributed by atoms with Crippen molar-refractivity contribution in [3.8, 4) is 61.6 Å². The molecule has 0 amide bonds. The molecule has 0 bridgehead atoms. The van der Waals surface area contributed by atoms with Crippen LogP contribution in [0.3, 0.4) is 0 Å². The summed E-state index contributed by atoms with van der Waals surface area (Å²) in [6, 6.07) is 82.0. The Balaban J connectivity index is 1.18. The predicted molar refractivity (Wildman–Crippen MR) is 243 cm³/mol. The fourth-order valence-corrected chi connectivity index (χ4v) is 9.03. The molecule has 0 saturated heterocycles. The van der Waals surface area contributed by atoms with Gasteiger partial charge in [0, 0.05) is 5.69 Å². The van der Waals surface area contributed by atoms with Crippen molar-refractivity contribution >= 4 is 43.1 Å². The minimum atomic E-state index is 1.13. The first kappa shape index (κ1) is 32.9. The van der Waals surface area contributed by atoms with Crippen molar-refractivity contribution in [1.82, 2.24) is 4.57 Å². The third-order valence-electron chi connectivity index (χ3n) is 11.6. The van der Waals surface area contributed by atoms with Crippen LogP contribution >= 0.6 is 0 Å². The van der Waals surface area contributed by atoms with E-state index in [0.717, 1.165) is 17.1 Å². The molecule has 0 spiro atoms. The molecule has 1 nitrogen and oxygen atoms in total. The summed E-state index contributed by atoms with van der Waals surface area (Å²) in [5.74, 6) is 0. The van der Waals surface area contributed by atoms with Crippen LogP contribution in [0, 0.1) is 0 Å². The van der Waals surface area contributed by atoms with Crippen LogP contribution < -0.4 is 0 Å². The van der Waals surface area contributed by atoms with Crippen molar-refractivity contribution in [3.63, 3.8) is 0 Å². The van der Waals surface area contributed by atoms with E-state index >= 15 is 0 Å². The first-order chi connectivity index (χ1) is 28.3. The number of hydrogen-bond acceptors (Lipinski definition) is 0. The molecule has 10 aromatic carbocycles. The van der Waals surface area contributed by atoms with Gasteiger partial charge in [-0.15, -0.1) is 0 Å². The van der Waals surface area contributed by atoms with E-state index in [4.69, 9.17) is 0 Å². The van der Waals surface area contributed by atoms with Crippen molar-refractivity contribution in [3.05, 3.63) is 224 Å². The summed E-state index contributed by atoms with van der Waals surface area (Å²) in [5, 5.41) is 10.0. The van der Waals surface area contributed by atoms with E-state index in [1.165, 1.54) is 87.6 Å². The second-order valence-electron chi connectivity index (χ2n) is 14.8. The van der Waals surface area contributed by atoms with Crippen LogP contribution in [0.1, 0.15) is 0 Å². The number of nitrogens with zero attached hydrogens (tertiary/aromatic N) is 1. The zero-order chi connectivity index (χ0) is 37.7. The van der Waals surface area contributed by atoms with Crippen LogP contribution in [0.2, 0.25) is 0 Å². The molecule has 266 valence electrons. The summed E-state index contributed by atoms with van der Waals surface area (Å²) in [5.41, 5.74) is 13.2. The summed E-state index contributed by atoms with van der Waals surface area (Å²) in [6.07, 6.45) is 0. The first-order valence-corrected chi connectivity index (χ1v) is 19.7. The summed E-state index contributed by atoms with van der Waals surface area (Å²) < 4.78 is 2.43. The van der Waals surface area contributed by atoms with Gasteiger partial charge in [0.2, 0.25) is 0 Å². The van der Waals surface area contributed by atoms with Gasteiger partial charge in [-0.3, -0.25) is 0 Å². The number of benzene rings is 10. The lowest BCUT2D eigenvalue weighted by atomic mass is 9.85. The Labute approximate surface area is 332 Å². The van der Waals surface area contributed by atoms with E-state index in [0.29, 0.717) is 0 Å². The highest BCUT2D eigenvalue weighted by Gasteiger charge is 2.20. The third-order valence-corrected chi connectivity index (χ3v) is 11.6. The van der Waals surface area contributed by atoms with Gasteiger partial charge >= 0.3 is 0 Å². The maximum absolute atomic E-state index is 2.43. The van der Waals surface area contributed by atoms with Gasteiger partial charge in [-0.2, -0.15) is 0 Å². The largest absolute Gasteiger partial charge is 0.309 e. The van der Waals surface area contributed by atoms with Crippen molar-refractivity contribution in [2.75, 3.05) is 0 Å². The van der Waals surface area contributed by atoms with Crippen molar-refractivity contribution in [2.45, 2.75) is 0 Å². The Morgan fingerprint density at radius 2 is 0.684 bits per heavy atom. The molecule has 0 radical (unpaired) electrons. The molecule has 0 aliphatic rings. The highest BCUT2D eigenvalue weighted by molar-refractivity contribution is 6.22. The van der Waals surface area contributed by atoms with Crippen LogP contribution in [-0.2, 0) is 0 Å². The number of hydrogen-bond donors (Lipinski definition) is 0. The first-order valence-electron chi connectivity index (χ1n) is 19.7. The molecular formula is C56H37N. The number of rotatable bonds is 6. The summed E-state index contributed by atoms with van der Waals surface area (Å²) in [7, 11) is 0. The smallest absolute Gasteiger partial charge is 0.0535 e. The summed E-state index contributed by atoms with van der Waals surface area (Å²) in [4.78, 5) is 0. The van der Waals surface area contributed by atoms with E-state index in [-0.39, 0.29) is 0 Å². The Hall–Kier alpha value is -7.48. The molecule has 0 aliphatic heterocycles. The van der Waals surface area contributed by atoms with Gasteiger partial charge in [0.25, 0.3) is 0 Å². The molecule has 1 aromatic heterocycles. The molecule has 11 rings (SSSR count). The van der Waals surface area contributed by atoms with Crippen molar-refractivity contribution < 1.29 is 0 Å². The van der Waals surface area contributed by atoms with Gasteiger partial charge in [-0.05, 0) is 118 Å². The van der Waals surface area contributed by atoms with Gasteiger partial charge < -0.3 is 4.57 Å². The molecule has 0 saturated carbocycles. The van der Waals surface area contributed by atoms with E-state index in [9.17, 15) is 0 Å². The lowest BCUT2D eigenvalue weighted by Gasteiger charge is -2.20. The van der Waals surface area contributed by atoms with Gasteiger partial charge in [0.1, 0.15) is 0 Å². The van der Waals surface area contributed by atoms with Gasteiger partial charge in [0.05, 0.1) is 11.4 Å². The highest BCUT2D eigenvalue weighted by atomic mass is 15.0. The summed E-state index contributed by atoms with van der Waals surface area (Å²) in [6.45, 7) is 0. The molecule has 0 aliphatic carbocycles. The van der Waals surface area contributed by atoms with E-state index in [1.807, 2.05) is 0 Å². The Morgan fingerprint density at radius 3 is 1.30 bits per heavy atom. The van der Waals surface area contributed by atoms with Gasteiger partial charge in [-0.25, -0.2) is 0 Å². The minimum Gasteiger partial charge on any atom is -0.309 e. The molecule has 57 heavy (non-hydrogen) atoms. The Morgan fingerprint density at radius 1 is 0.246 bits per heavy atom. The topological polar surface area (TPSA) is 4.93 Å². The second-order valence-corrected chi connectivity index (χ2v) is 14.8. The number of aromatic nitrogens is 1. The van der Waals surface area contributed by atoms with E-state index in [1.54, 1.807) is 0 Å². The molecule has 11 aromatic rings. The fourth-order valence-electron chi connectivity index (χ4n) is 9.03. The molecule has 1 heterocycles. The summed E-state index contributed by atoms with van der Waals surface area (Å²) >= 11 is 0. The van der Waals surface area contributed by atoms with Crippen LogP contribution in [0.25, 0.3) is 105 Å². The van der Waals surface area contributed by atoms with E-state index in [2.05, 4.69) is 229 Å². The van der Waals surface area contributed by atoms with Crippen LogP contribution in [0.4, 0.5) is 0 Å². The average molecular weight is 724 g/mol. The lowest BCUT2D eigenvalue weighted by Crippen LogP contribution is -2.00. The zero-order valence-corrected chi connectivity index (χ0v) is 31.3. The monoisotopic (exact) mass is 723 g/mol. The predicted octanol–water partition coefficient (Wildman–Crippen LogP) is 15.4. The van der Waals surface area contributed by atoms with Gasteiger partial charge in [0.15, 0.2) is 0 Å². The van der Waals surface area contributed by atoms with Crippen LogP contribution in [0.15, 0.2) is 224 Å². The normalized spacial score (nSPS) is 11.5. The van der Waals surface area contributed by atoms with Crippen LogP contribution in [-0.4, -0.2) is 4.57 Å². The standard InChI is InChI=1S/C56H37N/c1-4-16-39(17-5-1)53-34-35-54(40-18-6-2-7-19-40)57(53)44-32-33-50-52(37-44)56(49-27-15-14-26-48(49)55(50)41-20-8-3-9-21-41)42-30-28-38(29-31-42)51-36-43-22-10-11-23-45(43)46-24-12-13-25-47(46)51/h1-37H. The highest BCUT2D eigenvalue weighted by Crippen LogP contribution is 2.46. The maximum Gasteiger partial charge on any atom is 0.0535 e. The average Bonchev–Trinajstić information content (AvgIpc) is 3.74. The fraction of sp³-hybridized carbons (Fsp3) is 0. The number of fused-ring (bicyclic) bond motifs is 5. The molecule has 0 unspecified atom stereocenters. The zero-order valence-electron chi connectivity index (χ0n) is 31.3. The van der Waals surface area contributed by atoms with Crippen molar-refractivity contribution in [2.24, 2.45) is 0 Å². The Bertz CT molecular complexity index is 3190. The van der Waals surface area contributed by atoms with Gasteiger partial charge in [-0.1, -0.05) is 194 Å². The molecule has 0 fully saturated rings. The second kappa shape index (κ2) is 13.7. The third kappa shape index (κ3) is 5.55. The van der Waals surface area contributed by atoms with Crippen LogP contribution in [0.5, 0.6) is 0 Å².